The average Bonchev–Trinajstić information content (AvgIpc) is 2.85. The predicted molar refractivity (Wildman–Crippen MR) is 131 cm³/mol. The van der Waals surface area contributed by atoms with Crippen molar-refractivity contribution in [3.63, 3.8) is 0 Å². The quantitative estimate of drug-likeness (QED) is 0.444. The summed E-state index contributed by atoms with van der Waals surface area (Å²) in [6.45, 7) is 0.913. The molecule has 7 nitrogen and oxygen atoms in total. The van der Waals surface area contributed by atoms with Crippen LogP contribution in [0.4, 0.5) is 0 Å². The van der Waals surface area contributed by atoms with Crippen molar-refractivity contribution in [2.45, 2.75) is 48.4 Å². The Hall–Kier alpha value is -2.36. The molecule has 0 unspecified atom stereocenters. The van der Waals surface area contributed by atoms with Crippen molar-refractivity contribution in [3.05, 3.63) is 59.7 Å². The van der Waals surface area contributed by atoms with Crippen molar-refractivity contribution in [2.75, 3.05) is 19.3 Å². The molecule has 0 heterocycles. The molecule has 33 heavy (non-hydrogen) atoms. The van der Waals surface area contributed by atoms with Gasteiger partial charge in [-0.15, -0.1) is 11.8 Å². The SMILES string of the molecule is CNS(=O)(=O)c1cccc(CNC(=O)c2ccccc2SCC(=O)NCC2CCCCC2)c1. The molecule has 2 aromatic rings. The summed E-state index contributed by atoms with van der Waals surface area (Å²) in [6.07, 6.45) is 6.14. The van der Waals surface area contributed by atoms with Gasteiger partial charge in [-0.1, -0.05) is 43.5 Å². The average molecular weight is 490 g/mol. The molecule has 0 bridgehead atoms. The zero-order valence-electron chi connectivity index (χ0n) is 18.8. The molecule has 0 saturated heterocycles. The minimum atomic E-state index is -3.55. The molecule has 9 heteroatoms. The van der Waals surface area contributed by atoms with Crippen LogP contribution in [0.3, 0.4) is 0 Å². The Morgan fingerprint density at radius 1 is 1.00 bits per heavy atom. The maximum absolute atomic E-state index is 12.8. The van der Waals surface area contributed by atoms with Crippen LogP contribution < -0.4 is 15.4 Å². The van der Waals surface area contributed by atoms with Gasteiger partial charge in [-0.3, -0.25) is 9.59 Å². The van der Waals surface area contributed by atoms with E-state index in [1.807, 2.05) is 12.1 Å². The number of thioether (sulfide) groups is 1. The Balaban J connectivity index is 1.54. The largest absolute Gasteiger partial charge is 0.355 e. The molecule has 2 amide bonds. The molecule has 0 atom stereocenters. The molecule has 1 aliphatic carbocycles. The number of rotatable bonds is 10. The van der Waals surface area contributed by atoms with E-state index in [4.69, 9.17) is 0 Å². The van der Waals surface area contributed by atoms with Crippen LogP contribution in [-0.4, -0.2) is 39.6 Å². The molecule has 3 rings (SSSR count). The van der Waals surface area contributed by atoms with Crippen LogP contribution in [0.2, 0.25) is 0 Å². The summed E-state index contributed by atoms with van der Waals surface area (Å²) in [5, 5.41) is 5.87. The van der Waals surface area contributed by atoms with Crippen molar-refractivity contribution in [1.82, 2.24) is 15.4 Å². The number of benzene rings is 2. The number of carbonyl (C=O) groups excluding carboxylic acids is 2. The number of amides is 2. The van der Waals surface area contributed by atoms with Gasteiger partial charge < -0.3 is 10.6 Å². The summed E-state index contributed by atoms with van der Waals surface area (Å²) in [4.78, 5) is 26.0. The number of nitrogens with one attached hydrogen (secondary N) is 3. The molecule has 3 N–H and O–H groups in total. The fraction of sp³-hybridized carbons (Fsp3) is 0.417. The maximum Gasteiger partial charge on any atom is 0.252 e. The molecule has 2 aromatic carbocycles. The lowest BCUT2D eigenvalue weighted by molar-refractivity contribution is -0.118. The standard InChI is InChI=1S/C24H31N3O4S2/c1-25-33(30,31)20-11-7-10-19(14-20)16-27-24(29)21-12-5-6-13-22(21)32-17-23(28)26-15-18-8-3-2-4-9-18/h5-7,10-14,18,25H,2-4,8-9,15-17H2,1H3,(H,26,28)(H,27,29). The summed E-state index contributed by atoms with van der Waals surface area (Å²) < 4.78 is 26.3. The number of carbonyl (C=O) groups is 2. The van der Waals surface area contributed by atoms with Crippen LogP contribution in [-0.2, 0) is 21.4 Å². The Labute approximate surface area is 200 Å². The zero-order valence-corrected chi connectivity index (χ0v) is 20.4. The van der Waals surface area contributed by atoms with Gasteiger partial charge in [0.15, 0.2) is 0 Å². The third kappa shape index (κ3) is 7.58. The van der Waals surface area contributed by atoms with Crippen LogP contribution in [0.15, 0.2) is 58.3 Å². The summed E-state index contributed by atoms with van der Waals surface area (Å²) in [5.41, 5.74) is 1.16. The zero-order chi connectivity index (χ0) is 23.7. The lowest BCUT2D eigenvalue weighted by atomic mass is 9.89. The second kappa shape index (κ2) is 12.2. The normalized spacial score (nSPS) is 14.6. The van der Waals surface area contributed by atoms with E-state index >= 15 is 0 Å². The Morgan fingerprint density at radius 2 is 1.76 bits per heavy atom. The molecule has 178 valence electrons. The first-order valence-electron chi connectivity index (χ1n) is 11.2. The summed E-state index contributed by atoms with van der Waals surface area (Å²) in [7, 11) is -2.19. The van der Waals surface area contributed by atoms with Crippen molar-refractivity contribution in [3.8, 4) is 0 Å². The molecular weight excluding hydrogens is 458 g/mol. The smallest absolute Gasteiger partial charge is 0.252 e. The van der Waals surface area contributed by atoms with Crippen LogP contribution in [0.25, 0.3) is 0 Å². The first-order chi connectivity index (χ1) is 15.9. The van der Waals surface area contributed by atoms with E-state index in [0.29, 0.717) is 17.0 Å². The highest BCUT2D eigenvalue weighted by molar-refractivity contribution is 8.00. The second-order valence-corrected chi connectivity index (χ2v) is 11.0. The van der Waals surface area contributed by atoms with Gasteiger partial charge in [0.05, 0.1) is 16.2 Å². The molecule has 0 aromatic heterocycles. The molecule has 0 radical (unpaired) electrons. The van der Waals surface area contributed by atoms with Crippen molar-refractivity contribution in [2.24, 2.45) is 5.92 Å². The molecule has 1 fully saturated rings. The van der Waals surface area contributed by atoms with E-state index in [0.717, 1.165) is 11.4 Å². The van der Waals surface area contributed by atoms with Gasteiger partial charge in [0, 0.05) is 18.0 Å². The third-order valence-electron chi connectivity index (χ3n) is 5.73. The first-order valence-corrected chi connectivity index (χ1v) is 13.6. The topological polar surface area (TPSA) is 104 Å². The van der Waals surface area contributed by atoms with E-state index < -0.39 is 10.0 Å². The van der Waals surface area contributed by atoms with Gasteiger partial charge in [0.2, 0.25) is 15.9 Å². The van der Waals surface area contributed by atoms with E-state index in [2.05, 4.69) is 15.4 Å². The number of hydrogen-bond donors (Lipinski definition) is 3. The van der Waals surface area contributed by atoms with Crippen LogP contribution in [0, 0.1) is 5.92 Å². The van der Waals surface area contributed by atoms with E-state index in [1.165, 1.54) is 63.0 Å². The third-order valence-corrected chi connectivity index (χ3v) is 8.22. The Bertz CT molecular complexity index is 1070. The minimum absolute atomic E-state index is 0.0247. The lowest BCUT2D eigenvalue weighted by Crippen LogP contribution is -2.31. The lowest BCUT2D eigenvalue weighted by Gasteiger charge is -2.21. The fourth-order valence-electron chi connectivity index (χ4n) is 3.84. The van der Waals surface area contributed by atoms with Gasteiger partial charge in [-0.05, 0) is 55.6 Å². The highest BCUT2D eigenvalue weighted by Crippen LogP contribution is 2.24. The summed E-state index contributed by atoms with van der Waals surface area (Å²) in [6, 6.07) is 13.6. The Kier molecular flexibility index (Phi) is 9.34. The van der Waals surface area contributed by atoms with Gasteiger partial charge in [0.1, 0.15) is 0 Å². The monoisotopic (exact) mass is 489 g/mol. The van der Waals surface area contributed by atoms with Crippen LogP contribution >= 0.6 is 11.8 Å². The molecule has 0 aliphatic heterocycles. The van der Waals surface area contributed by atoms with E-state index in [9.17, 15) is 18.0 Å². The van der Waals surface area contributed by atoms with Crippen molar-refractivity contribution >= 4 is 33.6 Å². The molecule has 1 aliphatic rings. The fourth-order valence-corrected chi connectivity index (χ4v) is 5.52. The van der Waals surface area contributed by atoms with Crippen molar-refractivity contribution < 1.29 is 18.0 Å². The van der Waals surface area contributed by atoms with Crippen LogP contribution in [0.5, 0.6) is 0 Å². The minimum Gasteiger partial charge on any atom is -0.355 e. The van der Waals surface area contributed by atoms with Gasteiger partial charge in [-0.2, -0.15) is 0 Å². The van der Waals surface area contributed by atoms with E-state index in [-0.39, 0.29) is 29.0 Å². The van der Waals surface area contributed by atoms with Crippen molar-refractivity contribution in [1.29, 1.82) is 0 Å². The maximum atomic E-state index is 12.8. The molecular formula is C24H31N3O4S2. The summed E-state index contributed by atoms with van der Waals surface area (Å²) in [5.74, 6) is 0.527. The predicted octanol–water partition coefficient (Wildman–Crippen LogP) is 3.31. The molecule has 1 saturated carbocycles. The van der Waals surface area contributed by atoms with Crippen LogP contribution in [0.1, 0.15) is 48.0 Å². The number of sulfonamides is 1. The Morgan fingerprint density at radius 3 is 2.52 bits per heavy atom. The highest BCUT2D eigenvalue weighted by atomic mass is 32.2. The second-order valence-electron chi connectivity index (χ2n) is 8.13. The van der Waals surface area contributed by atoms with Gasteiger partial charge in [0.25, 0.3) is 5.91 Å². The number of hydrogen-bond acceptors (Lipinski definition) is 5. The van der Waals surface area contributed by atoms with Gasteiger partial charge >= 0.3 is 0 Å². The summed E-state index contributed by atoms with van der Waals surface area (Å²) >= 11 is 1.34. The molecule has 0 spiro atoms. The highest BCUT2D eigenvalue weighted by Gasteiger charge is 2.16. The first kappa shape index (κ1) is 25.3. The van der Waals surface area contributed by atoms with E-state index in [1.54, 1.807) is 24.3 Å². The van der Waals surface area contributed by atoms with Gasteiger partial charge in [-0.25, -0.2) is 13.1 Å².